The third kappa shape index (κ3) is 6.67. The van der Waals surface area contributed by atoms with Gasteiger partial charge in [-0.05, 0) is 0 Å². The zero-order valence-corrected chi connectivity index (χ0v) is 17.0. The molecule has 0 radical (unpaired) electrons. The van der Waals surface area contributed by atoms with Crippen LogP contribution in [0.15, 0.2) is 25.3 Å². The van der Waals surface area contributed by atoms with E-state index in [2.05, 4.69) is 13.2 Å². The average molecular weight is 403 g/mol. The molecule has 0 atom stereocenters. The van der Waals surface area contributed by atoms with E-state index in [9.17, 15) is 9.59 Å². The summed E-state index contributed by atoms with van der Waals surface area (Å²) in [5.41, 5.74) is -1.28. The maximum atomic E-state index is 12.2. The van der Waals surface area contributed by atoms with Crippen molar-refractivity contribution in [1.29, 1.82) is 0 Å². The molecule has 0 aliphatic heterocycles. The minimum absolute atomic E-state index is 0.344. The van der Waals surface area contributed by atoms with E-state index in [1.54, 1.807) is 53.7 Å². The fraction of sp³-hybridized carbons (Fsp3) is 0.625. The van der Waals surface area contributed by atoms with Crippen LogP contribution in [0.3, 0.4) is 0 Å². The molecular weight excluding hydrogens is 375 g/mol. The molecule has 5 heteroatoms. The van der Waals surface area contributed by atoms with Crippen LogP contribution in [0, 0.1) is 10.8 Å². The van der Waals surface area contributed by atoms with Crippen molar-refractivity contribution < 1.29 is 15.7 Å². The number of carbonyl (C=O) groups is 2. The molecule has 0 saturated carbocycles. The molecule has 0 aliphatic rings. The third-order valence-electron chi connectivity index (χ3n) is 2.69. The van der Waals surface area contributed by atoms with Crippen molar-refractivity contribution >= 4 is 31.1 Å². The van der Waals surface area contributed by atoms with Crippen molar-refractivity contribution in [3.8, 4) is 0 Å². The fourth-order valence-corrected chi connectivity index (χ4v) is 9.09. The van der Waals surface area contributed by atoms with E-state index in [0.717, 1.165) is 0 Å². The summed E-state index contributed by atoms with van der Waals surface area (Å²) in [4.78, 5) is 24.5. The van der Waals surface area contributed by atoms with Crippen LogP contribution in [-0.2, 0) is 15.7 Å². The van der Waals surface area contributed by atoms with E-state index in [-0.39, 0.29) is 11.9 Å². The van der Waals surface area contributed by atoms with Crippen LogP contribution in [0.4, 0.5) is 0 Å². The molecule has 0 amide bonds. The summed E-state index contributed by atoms with van der Waals surface area (Å²) < 4.78 is 12.3. The first-order chi connectivity index (χ1) is 9.38. The Kier molecular flexibility index (Phi) is 7.19. The van der Waals surface area contributed by atoms with E-state index < -0.39 is 30.0 Å². The fourth-order valence-electron chi connectivity index (χ4n) is 1.35. The maximum absolute atomic E-state index is 12.2. The Balaban J connectivity index is 5.44. The Bertz CT molecular complexity index is 373. The molecule has 0 aromatic carbocycles. The summed E-state index contributed by atoms with van der Waals surface area (Å²) in [6.45, 7) is 18.1. The predicted octanol–water partition coefficient (Wildman–Crippen LogP) is 3.98. The zero-order chi connectivity index (χ0) is 16.9. The number of rotatable bonds is 6. The number of allylic oxidation sites excluding steroid dienone is 2. The normalized spacial score (nSPS) is 12.5. The van der Waals surface area contributed by atoms with Crippen LogP contribution in [0.1, 0.15) is 41.5 Å². The number of hydrogen-bond donors (Lipinski definition) is 0. The molecule has 0 aromatic heterocycles. The Labute approximate surface area is 133 Å². The molecule has 120 valence electrons. The average Bonchev–Trinajstić information content (AvgIpc) is 2.26. The molecule has 0 aliphatic carbocycles. The first-order valence-electron chi connectivity index (χ1n) is 7.06. The SMILES string of the molecule is C=C[CH2][Sn]([CH2]C=C)([O]C(=O)C(C)(C)C)[O]C(=O)C(C)(C)C. The molecule has 0 rings (SSSR count). The van der Waals surface area contributed by atoms with Gasteiger partial charge in [0.05, 0.1) is 0 Å². The summed E-state index contributed by atoms with van der Waals surface area (Å²) in [6, 6.07) is 0. The Morgan fingerprint density at radius 3 is 1.33 bits per heavy atom. The van der Waals surface area contributed by atoms with Crippen LogP contribution < -0.4 is 0 Å². The minimum atomic E-state index is -3.95. The van der Waals surface area contributed by atoms with Gasteiger partial charge in [-0.15, -0.1) is 0 Å². The van der Waals surface area contributed by atoms with Gasteiger partial charge in [0.15, 0.2) is 0 Å². The molecule has 0 unspecified atom stereocenters. The van der Waals surface area contributed by atoms with E-state index >= 15 is 0 Å². The van der Waals surface area contributed by atoms with E-state index in [0.29, 0.717) is 8.87 Å². The van der Waals surface area contributed by atoms with Gasteiger partial charge in [-0.2, -0.15) is 0 Å². The Morgan fingerprint density at radius 1 is 0.857 bits per heavy atom. The van der Waals surface area contributed by atoms with Gasteiger partial charge in [0, 0.05) is 0 Å². The molecular formula is C16H28O4Sn. The van der Waals surface area contributed by atoms with E-state index in [1.807, 2.05) is 0 Å². The van der Waals surface area contributed by atoms with Gasteiger partial charge in [0.1, 0.15) is 0 Å². The van der Waals surface area contributed by atoms with E-state index in [4.69, 9.17) is 6.15 Å². The molecule has 0 aromatic rings. The van der Waals surface area contributed by atoms with Crippen molar-refractivity contribution in [3.05, 3.63) is 25.3 Å². The van der Waals surface area contributed by atoms with Crippen LogP contribution in [0.2, 0.25) is 8.87 Å². The molecule has 0 saturated heterocycles. The van der Waals surface area contributed by atoms with Crippen LogP contribution in [0.5, 0.6) is 0 Å². The monoisotopic (exact) mass is 404 g/mol. The van der Waals surface area contributed by atoms with Gasteiger partial charge in [0.25, 0.3) is 0 Å². The summed E-state index contributed by atoms with van der Waals surface area (Å²) in [7, 11) is 0. The van der Waals surface area contributed by atoms with Gasteiger partial charge in [0.2, 0.25) is 0 Å². The first kappa shape index (κ1) is 20.2. The Hall–Kier alpha value is -0.781. The van der Waals surface area contributed by atoms with Crippen molar-refractivity contribution in [2.24, 2.45) is 10.8 Å². The van der Waals surface area contributed by atoms with Crippen molar-refractivity contribution in [3.63, 3.8) is 0 Å². The number of carbonyl (C=O) groups excluding carboxylic acids is 2. The van der Waals surface area contributed by atoms with Gasteiger partial charge < -0.3 is 0 Å². The molecule has 0 fully saturated rings. The van der Waals surface area contributed by atoms with Crippen LogP contribution in [-0.4, -0.2) is 31.1 Å². The van der Waals surface area contributed by atoms with Gasteiger partial charge >= 0.3 is 133 Å². The quantitative estimate of drug-likeness (QED) is 0.498. The molecule has 21 heavy (non-hydrogen) atoms. The molecule has 0 N–H and O–H groups in total. The van der Waals surface area contributed by atoms with Crippen molar-refractivity contribution in [2.75, 3.05) is 0 Å². The van der Waals surface area contributed by atoms with Crippen molar-refractivity contribution in [1.82, 2.24) is 0 Å². The van der Waals surface area contributed by atoms with Crippen LogP contribution >= 0.6 is 0 Å². The van der Waals surface area contributed by atoms with Crippen molar-refractivity contribution in [2.45, 2.75) is 50.4 Å². The van der Waals surface area contributed by atoms with Gasteiger partial charge in [-0.25, -0.2) is 0 Å². The second-order valence-corrected chi connectivity index (χ2v) is 15.9. The topological polar surface area (TPSA) is 52.6 Å². The first-order valence-corrected chi connectivity index (χ1v) is 13.4. The molecule has 4 nitrogen and oxygen atoms in total. The second kappa shape index (κ2) is 7.47. The van der Waals surface area contributed by atoms with Gasteiger partial charge in [-0.3, -0.25) is 0 Å². The van der Waals surface area contributed by atoms with Gasteiger partial charge in [-0.1, -0.05) is 0 Å². The summed E-state index contributed by atoms with van der Waals surface area (Å²) in [6.07, 6.45) is 3.32. The molecule has 0 heterocycles. The number of hydrogen-bond acceptors (Lipinski definition) is 4. The third-order valence-corrected chi connectivity index (χ3v) is 11.1. The summed E-state index contributed by atoms with van der Waals surface area (Å²) >= 11 is -3.95. The second-order valence-electron chi connectivity index (χ2n) is 7.18. The zero-order valence-electron chi connectivity index (χ0n) is 14.1. The molecule has 0 spiro atoms. The summed E-state index contributed by atoms with van der Waals surface area (Å²) in [5, 5.41) is 0. The van der Waals surface area contributed by atoms with Crippen LogP contribution in [0.25, 0.3) is 0 Å². The summed E-state index contributed by atoms with van der Waals surface area (Å²) in [5.74, 6) is -0.688. The predicted molar refractivity (Wildman–Crippen MR) is 86.9 cm³/mol. The molecule has 0 bridgehead atoms. The van der Waals surface area contributed by atoms with E-state index in [1.165, 1.54) is 0 Å². The standard InChI is InChI=1S/2C5H10O2.2C3H5.Sn/c2*1-5(2,3)4(6)7;2*1-3-2;/h2*1-3H3,(H,6,7);2*3H,1-2H2;/q;;;;+2/p-2. The Morgan fingerprint density at radius 2 is 1.14 bits per heavy atom.